The normalized spacial score (nSPS) is 11.8. The molecule has 0 fully saturated rings. The minimum atomic E-state index is -0.162. The second-order valence-corrected chi connectivity index (χ2v) is 4.44. The molecule has 98 valence electrons. The van der Waals surface area contributed by atoms with E-state index < -0.39 is 0 Å². The summed E-state index contributed by atoms with van der Waals surface area (Å²) in [5.41, 5.74) is 1.11. The summed E-state index contributed by atoms with van der Waals surface area (Å²) in [4.78, 5) is 15.8. The number of benzene rings is 1. The van der Waals surface area contributed by atoms with E-state index in [9.17, 15) is 9.90 Å². The third kappa shape index (κ3) is 3.55. The van der Waals surface area contributed by atoms with Gasteiger partial charge in [0.15, 0.2) is 11.6 Å². The minimum Gasteiger partial charge on any atom is -0.504 e. The summed E-state index contributed by atoms with van der Waals surface area (Å²) in [6.45, 7) is 1.99. The quantitative estimate of drug-likeness (QED) is 0.884. The Hall–Kier alpha value is -2.36. The van der Waals surface area contributed by atoms with Gasteiger partial charge in [-0.15, -0.1) is 0 Å². The van der Waals surface area contributed by atoms with Crippen molar-refractivity contribution < 1.29 is 9.90 Å². The van der Waals surface area contributed by atoms with Gasteiger partial charge >= 0.3 is 0 Å². The van der Waals surface area contributed by atoms with Gasteiger partial charge in [-0.2, -0.15) is 0 Å². The third-order valence-electron chi connectivity index (χ3n) is 2.90. The van der Waals surface area contributed by atoms with Crippen LogP contribution in [0.2, 0.25) is 0 Å². The maximum absolute atomic E-state index is 11.9. The first-order chi connectivity index (χ1) is 9.16. The van der Waals surface area contributed by atoms with Crippen LogP contribution in [-0.2, 0) is 4.79 Å². The number of rotatable bonds is 4. The molecule has 4 heteroatoms. The largest absolute Gasteiger partial charge is 0.504 e. The molecular formula is C15H16N2O2. The highest BCUT2D eigenvalue weighted by Crippen LogP contribution is 2.22. The molecule has 2 N–H and O–H groups in total. The Labute approximate surface area is 112 Å². The molecule has 0 bridgehead atoms. The highest BCUT2D eigenvalue weighted by atomic mass is 16.3. The third-order valence-corrected chi connectivity index (χ3v) is 2.90. The lowest BCUT2D eigenvalue weighted by molar-refractivity contribution is -0.116. The van der Waals surface area contributed by atoms with E-state index in [1.807, 2.05) is 37.3 Å². The van der Waals surface area contributed by atoms with Crippen LogP contribution in [-0.4, -0.2) is 16.0 Å². The molecule has 0 aliphatic carbocycles. The SMILES string of the molecule is CC(CC(=O)Nc1ncccc1O)c1ccccc1. The number of aromatic hydroxyl groups is 1. The molecule has 0 saturated heterocycles. The molecule has 1 amide bonds. The van der Waals surface area contributed by atoms with Crippen LogP contribution in [0, 0.1) is 0 Å². The van der Waals surface area contributed by atoms with Gasteiger partial charge < -0.3 is 10.4 Å². The van der Waals surface area contributed by atoms with Gasteiger partial charge in [-0.25, -0.2) is 4.98 Å². The van der Waals surface area contributed by atoms with Crippen molar-refractivity contribution in [2.45, 2.75) is 19.3 Å². The molecule has 1 unspecified atom stereocenters. The zero-order valence-corrected chi connectivity index (χ0v) is 10.7. The summed E-state index contributed by atoms with van der Waals surface area (Å²) in [5, 5.41) is 12.1. The number of carbonyl (C=O) groups is 1. The highest BCUT2D eigenvalue weighted by Gasteiger charge is 2.12. The predicted molar refractivity (Wildman–Crippen MR) is 74.0 cm³/mol. The minimum absolute atomic E-state index is 0.0248. The second kappa shape index (κ2) is 6.00. The van der Waals surface area contributed by atoms with Gasteiger partial charge in [0.1, 0.15) is 0 Å². The van der Waals surface area contributed by atoms with Crippen molar-refractivity contribution >= 4 is 11.7 Å². The summed E-state index contributed by atoms with van der Waals surface area (Å²) < 4.78 is 0. The Kier molecular flexibility index (Phi) is 4.13. The lowest BCUT2D eigenvalue weighted by atomic mass is 9.98. The number of hydrogen-bond donors (Lipinski definition) is 2. The van der Waals surface area contributed by atoms with E-state index in [1.165, 1.54) is 12.3 Å². The van der Waals surface area contributed by atoms with Crippen LogP contribution >= 0.6 is 0 Å². The van der Waals surface area contributed by atoms with Gasteiger partial charge in [-0.05, 0) is 23.6 Å². The summed E-state index contributed by atoms with van der Waals surface area (Å²) >= 11 is 0. The molecule has 4 nitrogen and oxygen atoms in total. The summed E-state index contributed by atoms with van der Waals surface area (Å²) in [6.07, 6.45) is 1.87. The molecule has 19 heavy (non-hydrogen) atoms. The predicted octanol–water partition coefficient (Wildman–Crippen LogP) is 2.92. The molecule has 1 aromatic carbocycles. The molecule has 1 atom stereocenters. The van der Waals surface area contributed by atoms with Crippen LogP contribution in [0.15, 0.2) is 48.7 Å². The van der Waals surface area contributed by atoms with Crippen molar-refractivity contribution in [3.8, 4) is 5.75 Å². The van der Waals surface area contributed by atoms with E-state index in [0.717, 1.165) is 5.56 Å². The Morgan fingerprint density at radius 3 is 2.68 bits per heavy atom. The van der Waals surface area contributed by atoms with Crippen LogP contribution in [0.5, 0.6) is 5.75 Å². The fourth-order valence-corrected chi connectivity index (χ4v) is 1.85. The zero-order chi connectivity index (χ0) is 13.7. The fourth-order valence-electron chi connectivity index (χ4n) is 1.85. The van der Waals surface area contributed by atoms with Crippen molar-refractivity contribution in [1.82, 2.24) is 4.98 Å². The molecule has 0 saturated carbocycles. The molecule has 2 rings (SSSR count). The average molecular weight is 256 g/mol. The van der Waals surface area contributed by atoms with E-state index in [0.29, 0.717) is 6.42 Å². The topological polar surface area (TPSA) is 62.2 Å². The van der Waals surface area contributed by atoms with Crippen molar-refractivity contribution in [1.29, 1.82) is 0 Å². The molecule has 0 radical (unpaired) electrons. The van der Waals surface area contributed by atoms with Gasteiger partial charge in [0, 0.05) is 12.6 Å². The Morgan fingerprint density at radius 2 is 2.00 bits per heavy atom. The first-order valence-electron chi connectivity index (χ1n) is 6.15. The Bertz CT molecular complexity index is 555. The molecule has 1 aromatic heterocycles. The van der Waals surface area contributed by atoms with Crippen LogP contribution in [0.4, 0.5) is 5.82 Å². The second-order valence-electron chi connectivity index (χ2n) is 4.44. The van der Waals surface area contributed by atoms with Crippen LogP contribution < -0.4 is 5.32 Å². The summed E-state index contributed by atoms with van der Waals surface area (Å²) in [5.74, 6) is 0.133. The maximum atomic E-state index is 11.9. The van der Waals surface area contributed by atoms with Crippen molar-refractivity contribution in [3.63, 3.8) is 0 Å². The fraction of sp³-hybridized carbons (Fsp3) is 0.200. The van der Waals surface area contributed by atoms with E-state index in [2.05, 4.69) is 10.3 Å². The van der Waals surface area contributed by atoms with Crippen molar-refractivity contribution in [2.75, 3.05) is 5.32 Å². The van der Waals surface area contributed by atoms with E-state index >= 15 is 0 Å². The van der Waals surface area contributed by atoms with Gasteiger partial charge in [0.05, 0.1) is 0 Å². The van der Waals surface area contributed by atoms with Gasteiger partial charge in [-0.3, -0.25) is 4.79 Å². The average Bonchev–Trinajstić information content (AvgIpc) is 2.42. The van der Waals surface area contributed by atoms with Crippen LogP contribution in [0.3, 0.4) is 0 Å². The number of hydrogen-bond acceptors (Lipinski definition) is 3. The van der Waals surface area contributed by atoms with Crippen molar-refractivity contribution in [3.05, 3.63) is 54.2 Å². The molecule has 1 heterocycles. The Morgan fingerprint density at radius 1 is 1.26 bits per heavy atom. The smallest absolute Gasteiger partial charge is 0.226 e. The first kappa shape index (κ1) is 13.1. The number of anilines is 1. The van der Waals surface area contributed by atoms with E-state index in [4.69, 9.17) is 0 Å². The van der Waals surface area contributed by atoms with E-state index in [1.54, 1.807) is 6.07 Å². The molecule has 0 aliphatic rings. The number of aromatic nitrogens is 1. The summed E-state index contributed by atoms with van der Waals surface area (Å²) in [7, 11) is 0. The molecule has 0 spiro atoms. The first-order valence-corrected chi connectivity index (χ1v) is 6.15. The number of nitrogens with one attached hydrogen (secondary N) is 1. The molecule has 0 aliphatic heterocycles. The van der Waals surface area contributed by atoms with E-state index in [-0.39, 0.29) is 23.4 Å². The lowest BCUT2D eigenvalue weighted by Gasteiger charge is -2.12. The zero-order valence-electron chi connectivity index (χ0n) is 10.7. The number of pyridine rings is 1. The molecule has 2 aromatic rings. The van der Waals surface area contributed by atoms with Crippen molar-refractivity contribution in [2.24, 2.45) is 0 Å². The number of amides is 1. The lowest BCUT2D eigenvalue weighted by Crippen LogP contribution is -2.15. The standard InChI is InChI=1S/C15H16N2O2/c1-11(12-6-3-2-4-7-12)10-14(19)17-15-13(18)8-5-9-16-15/h2-9,11,18H,10H2,1H3,(H,16,17,19). The number of carbonyl (C=O) groups excluding carboxylic acids is 1. The maximum Gasteiger partial charge on any atom is 0.226 e. The van der Waals surface area contributed by atoms with Gasteiger partial charge in [0.2, 0.25) is 5.91 Å². The number of nitrogens with zero attached hydrogens (tertiary/aromatic N) is 1. The molecular weight excluding hydrogens is 240 g/mol. The Balaban J connectivity index is 1.97. The monoisotopic (exact) mass is 256 g/mol. The van der Waals surface area contributed by atoms with Gasteiger partial charge in [-0.1, -0.05) is 37.3 Å². The van der Waals surface area contributed by atoms with Crippen LogP contribution in [0.1, 0.15) is 24.8 Å². The summed E-state index contributed by atoms with van der Waals surface area (Å²) in [6, 6.07) is 12.9. The van der Waals surface area contributed by atoms with Gasteiger partial charge in [0.25, 0.3) is 0 Å². The van der Waals surface area contributed by atoms with Crippen LogP contribution in [0.25, 0.3) is 0 Å². The highest BCUT2D eigenvalue weighted by molar-refractivity contribution is 5.91.